The maximum atomic E-state index is 13.5. The van der Waals surface area contributed by atoms with Crippen molar-refractivity contribution in [2.75, 3.05) is 13.6 Å². The lowest BCUT2D eigenvalue weighted by Gasteiger charge is -2.41. The maximum Gasteiger partial charge on any atom is 0.410 e. The van der Waals surface area contributed by atoms with Crippen molar-refractivity contribution in [2.24, 2.45) is 5.92 Å². The number of carboxylic acids is 1. The third kappa shape index (κ3) is 6.71. The molecule has 1 saturated heterocycles. The van der Waals surface area contributed by atoms with Gasteiger partial charge in [0, 0.05) is 13.6 Å². The van der Waals surface area contributed by atoms with Crippen LogP contribution in [0, 0.1) is 5.92 Å². The number of ether oxygens (including phenoxy) is 1. The lowest BCUT2D eigenvalue weighted by atomic mass is 9.84. The highest BCUT2D eigenvalue weighted by Gasteiger charge is 2.41. The predicted molar refractivity (Wildman–Crippen MR) is 119 cm³/mol. The molecule has 1 aromatic carbocycles. The summed E-state index contributed by atoms with van der Waals surface area (Å²) in [4.78, 5) is 41.0. The Morgan fingerprint density at radius 1 is 1.19 bits per heavy atom. The molecule has 1 aliphatic rings. The maximum absolute atomic E-state index is 13.5. The van der Waals surface area contributed by atoms with Crippen LogP contribution in [0.5, 0.6) is 0 Å². The van der Waals surface area contributed by atoms with E-state index in [1.807, 2.05) is 44.2 Å². The summed E-state index contributed by atoms with van der Waals surface area (Å²) in [5.41, 5.74) is 0.402. The first-order chi connectivity index (χ1) is 14.4. The molecule has 172 valence electrons. The van der Waals surface area contributed by atoms with E-state index < -0.39 is 29.7 Å². The molecule has 0 aromatic heterocycles. The standard InChI is InChI=1S/C24H36N2O5/c1-16(2)14-19(25(6)23(30)31-24(3,4)5)21(27)26-13-12-18(15-20(26)22(28)29)17-10-8-7-9-11-17/h7-11,16,18-20H,12-15H2,1-6H3,(H,28,29). The first-order valence-electron chi connectivity index (χ1n) is 10.9. The number of hydrogen-bond acceptors (Lipinski definition) is 4. The van der Waals surface area contributed by atoms with Gasteiger partial charge in [0.1, 0.15) is 17.7 Å². The van der Waals surface area contributed by atoms with Crippen molar-refractivity contribution in [1.29, 1.82) is 0 Å². The molecule has 2 amide bonds. The number of carbonyl (C=O) groups excluding carboxylic acids is 2. The molecule has 0 saturated carbocycles. The second kappa shape index (κ2) is 10.2. The van der Waals surface area contributed by atoms with E-state index in [1.165, 1.54) is 9.80 Å². The van der Waals surface area contributed by atoms with Gasteiger partial charge >= 0.3 is 12.1 Å². The SMILES string of the molecule is CC(C)CC(C(=O)N1CCC(c2ccccc2)CC1C(=O)O)N(C)C(=O)OC(C)(C)C. The normalized spacial score (nSPS) is 20.3. The van der Waals surface area contributed by atoms with Crippen molar-refractivity contribution in [3.05, 3.63) is 35.9 Å². The number of hydrogen-bond donors (Lipinski definition) is 1. The van der Waals surface area contributed by atoms with E-state index in [-0.39, 0.29) is 17.7 Å². The second-order valence-corrected chi connectivity index (χ2v) is 9.75. The summed E-state index contributed by atoms with van der Waals surface area (Å²) in [6.45, 7) is 9.59. The Morgan fingerprint density at radius 2 is 1.81 bits per heavy atom. The monoisotopic (exact) mass is 432 g/mol. The van der Waals surface area contributed by atoms with E-state index in [2.05, 4.69) is 0 Å². The second-order valence-electron chi connectivity index (χ2n) is 9.75. The molecule has 3 atom stereocenters. The number of likely N-dealkylation sites (N-methyl/N-ethyl adjacent to an activating group) is 1. The molecular formula is C24H36N2O5. The van der Waals surface area contributed by atoms with Gasteiger partial charge < -0.3 is 14.7 Å². The zero-order valence-electron chi connectivity index (χ0n) is 19.5. The van der Waals surface area contributed by atoms with Crippen LogP contribution in [0.1, 0.15) is 65.4 Å². The molecule has 0 aliphatic carbocycles. The van der Waals surface area contributed by atoms with Gasteiger partial charge in [-0.3, -0.25) is 9.69 Å². The highest BCUT2D eigenvalue weighted by molar-refractivity contribution is 5.89. The van der Waals surface area contributed by atoms with E-state index in [1.54, 1.807) is 27.8 Å². The van der Waals surface area contributed by atoms with Gasteiger partial charge in [0.2, 0.25) is 5.91 Å². The first kappa shape index (κ1) is 24.7. The Balaban J connectivity index is 2.24. The van der Waals surface area contributed by atoms with Gasteiger partial charge in [-0.15, -0.1) is 0 Å². The zero-order valence-corrected chi connectivity index (χ0v) is 19.5. The smallest absolute Gasteiger partial charge is 0.410 e. The molecular weight excluding hydrogens is 396 g/mol. The molecule has 1 fully saturated rings. The molecule has 7 nitrogen and oxygen atoms in total. The van der Waals surface area contributed by atoms with Crippen LogP contribution in [0.4, 0.5) is 4.79 Å². The lowest BCUT2D eigenvalue weighted by Crippen LogP contribution is -2.57. The summed E-state index contributed by atoms with van der Waals surface area (Å²) in [6, 6.07) is 8.12. The predicted octanol–water partition coefficient (Wildman–Crippen LogP) is 4.13. The van der Waals surface area contributed by atoms with Gasteiger partial charge in [-0.2, -0.15) is 0 Å². The molecule has 1 heterocycles. The topological polar surface area (TPSA) is 87.2 Å². The Labute approximate surface area is 185 Å². The van der Waals surface area contributed by atoms with Crippen molar-refractivity contribution in [1.82, 2.24) is 9.80 Å². The third-order valence-corrected chi connectivity index (χ3v) is 5.57. The average molecular weight is 433 g/mol. The molecule has 1 aromatic rings. The summed E-state index contributed by atoms with van der Waals surface area (Å²) in [6.07, 6.45) is 0.886. The minimum atomic E-state index is -1.02. The molecule has 0 spiro atoms. The number of carbonyl (C=O) groups is 3. The van der Waals surface area contributed by atoms with Gasteiger partial charge in [0.05, 0.1) is 0 Å². The summed E-state index contributed by atoms with van der Waals surface area (Å²) >= 11 is 0. The van der Waals surface area contributed by atoms with E-state index in [0.717, 1.165) is 5.56 Å². The van der Waals surface area contributed by atoms with Gasteiger partial charge in [-0.25, -0.2) is 9.59 Å². The number of piperidine rings is 1. The molecule has 1 N–H and O–H groups in total. The van der Waals surface area contributed by atoms with E-state index in [0.29, 0.717) is 25.8 Å². The van der Waals surface area contributed by atoms with E-state index >= 15 is 0 Å². The van der Waals surface area contributed by atoms with Crippen LogP contribution >= 0.6 is 0 Å². The average Bonchev–Trinajstić information content (AvgIpc) is 2.69. The number of aliphatic carboxylic acids is 1. The third-order valence-electron chi connectivity index (χ3n) is 5.57. The van der Waals surface area contributed by atoms with Crippen molar-refractivity contribution < 1.29 is 24.2 Å². The van der Waals surface area contributed by atoms with Crippen LogP contribution in [-0.2, 0) is 14.3 Å². The summed E-state index contributed by atoms with van der Waals surface area (Å²) in [7, 11) is 1.55. The molecule has 3 unspecified atom stereocenters. The number of benzene rings is 1. The van der Waals surface area contributed by atoms with Gasteiger partial charge in [0.15, 0.2) is 0 Å². The van der Waals surface area contributed by atoms with Gasteiger partial charge in [-0.05, 0) is 57.4 Å². The van der Waals surface area contributed by atoms with Crippen molar-refractivity contribution in [3.63, 3.8) is 0 Å². The van der Waals surface area contributed by atoms with Crippen LogP contribution in [-0.4, -0.2) is 64.2 Å². The van der Waals surface area contributed by atoms with Crippen molar-refractivity contribution >= 4 is 18.0 Å². The Kier molecular flexibility index (Phi) is 8.09. The van der Waals surface area contributed by atoms with Crippen LogP contribution in [0.25, 0.3) is 0 Å². The van der Waals surface area contributed by atoms with Gasteiger partial charge in [0.25, 0.3) is 0 Å². The highest BCUT2D eigenvalue weighted by atomic mass is 16.6. The first-order valence-corrected chi connectivity index (χ1v) is 10.9. The molecule has 7 heteroatoms. The number of likely N-dealkylation sites (tertiary alicyclic amines) is 1. The number of carboxylic acid groups (broad SMARTS) is 1. The van der Waals surface area contributed by atoms with E-state index in [4.69, 9.17) is 4.74 Å². The number of amides is 2. The highest BCUT2D eigenvalue weighted by Crippen LogP contribution is 2.33. The minimum absolute atomic E-state index is 0.0819. The summed E-state index contributed by atoms with van der Waals surface area (Å²) < 4.78 is 5.45. The van der Waals surface area contributed by atoms with Crippen LogP contribution in [0.3, 0.4) is 0 Å². The molecule has 31 heavy (non-hydrogen) atoms. The Morgan fingerprint density at radius 3 is 2.32 bits per heavy atom. The number of rotatable bonds is 6. The summed E-state index contributed by atoms with van der Waals surface area (Å²) in [5.74, 6) is -1.12. The van der Waals surface area contributed by atoms with Crippen molar-refractivity contribution in [2.45, 2.75) is 77.5 Å². The fourth-order valence-corrected chi connectivity index (χ4v) is 4.01. The molecule has 0 bridgehead atoms. The quantitative estimate of drug-likeness (QED) is 0.730. The minimum Gasteiger partial charge on any atom is -0.480 e. The van der Waals surface area contributed by atoms with Crippen LogP contribution in [0.2, 0.25) is 0 Å². The van der Waals surface area contributed by atoms with Crippen LogP contribution < -0.4 is 0 Å². The fraction of sp³-hybridized carbons (Fsp3) is 0.625. The Hall–Kier alpha value is -2.57. The summed E-state index contributed by atoms with van der Waals surface area (Å²) in [5, 5.41) is 9.89. The Bertz CT molecular complexity index is 772. The molecule has 2 rings (SSSR count). The number of nitrogens with zero attached hydrogens (tertiary/aromatic N) is 2. The van der Waals surface area contributed by atoms with Gasteiger partial charge in [-0.1, -0.05) is 44.2 Å². The fourth-order valence-electron chi connectivity index (χ4n) is 4.01. The molecule has 1 aliphatic heterocycles. The van der Waals surface area contributed by atoms with Crippen LogP contribution in [0.15, 0.2) is 30.3 Å². The zero-order chi connectivity index (χ0) is 23.3. The van der Waals surface area contributed by atoms with E-state index in [9.17, 15) is 19.5 Å². The lowest BCUT2D eigenvalue weighted by molar-refractivity contribution is -0.155. The molecule has 0 radical (unpaired) electrons. The van der Waals surface area contributed by atoms with Crippen molar-refractivity contribution in [3.8, 4) is 0 Å². The largest absolute Gasteiger partial charge is 0.480 e.